The van der Waals surface area contributed by atoms with Crippen LogP contribution in [0, 0.1) is 0 Å². The molecule has 0 amide bonds. The highest BCUT2D eigenvalue weighted by Gasteiger charge is 2.07. The van der Waals surface area contributed by atoms with Crippen LogP contribution in [0.5, 0.6) is 0 Å². The average molecular weight is 253 g/mol. The summed E-state index contributed by atoms with van der Waals surface area (Å²) in [6.45, 7) is 0. The zero-order valence-corrected chi connectivity index (χ0v) is 8.90. The Labute approximate surface area is 89.9 Å². The zero-order valence-electron chi connectivity index (χ0n) is 7.31. The first-order valence-electron chi connectivity index (χ1n) is 4.23. The van der Waals surface area contributed by atoms with Crippen molar-refractivity contribution in [1.29, 1.82) is 0 Å². The molecule has 0 heterocycles. The molecule has 2 nitrogen and oxygen atoms in total. The number of benzene rings is 2. The molecule has 0 aliphatic rings. The Balaban J connectivity index is 2.81. The maximum Gasteiger partial charge on any atom is 0.179 e. The smallest absolute Gasteiger partial charge is 0.179 e. The first-order valence-corrected chi connectivity index (χ1v) is 5.03. The summed E-state index contributed by atoms with van der Waals surface area (Å²) in [7, 11) is 0. The highest BCUT2D eigenvalue weighted by molar-refractivity contribution is 9.10. The second-order valence-electron chi connectivity index (χ2n) is 3.06. The van der Waals surface area contributed by atoms with Crippen LogP contribution in [0.25, 0.3) is 10.8 Å². The lowest BCUT2D eigenvalue weighted by molar-refractivity contribution is -0.0413. The van der Waals surface area contributed by atoms with Crippen molar-refractivity contribution in [3.63, 3.8) is 0 Å². The van der Waals surface area contributed by atoms with Gasteiger partial charge in [-0.25, -0.2) is 0 Å². The third-order valence-electron chi connectivity index (χ3n) is 2.18. The topological polar surface area (TPSA) is 40.5 Å². The van der Waals surface area contributed by atoms with Crippen LogP contribution < -0.4 is 0 Å². The van der Waals surface area contributed by atoms with E-state index in [1.54, 1.807) is 6.07 Å². The number of rotatable bonds is 1. The summed E-state index contributed by atoms with van der Waals surface area (Å²) in [4.78, 5) is 0. The quantitative estimate of drug-likeness (QED) is 0.767. The van der Waals surface area contributed by atoms with Crippen molar-refractivity contribution in [2.75, 3.05) is 0 Å². The van der Waals surface area contributed by atoms with Crippen LogP contribution in [0.1, 0.15) is 11.9 Å². The van der Waals surface area contributed by atoms with Crippen LogP contribution in [0.2, 0.25) is 0 Å². The van der Waals surface area contributed by atoms with E-state index in [2.05, 4.69) is 15.9 Å². The van der Waals surface area contributed by atoms with E-state index >= 15 is 0 Å². The van der Waals surface area contributed by atoms with E-state index < -0.39 is 6.29 Å². The summed E-state index contributed by atoms with van der Waals surface area (Å²) in [6, 6.07) is 11.1. The van der Waals surface area contributed by atoms with Crippen molar-refractivity contribution in [3.05, 3.63) is 46.4 Å². The summed E-state index contributed by atoms with van der Waals surface area (Å²) in [5, 5.41) is 20.1. The third-order valence-corrected chi connectivity index (χ3v) is 2.87. The lowest BCUT2D eigenvalue weighted by atomic mass is 10.0. The SMILES string of the molecule is OC(O)c1cccc2c(Br)cccc12. The number of hydrogen-bond acceptors (Lipinski definition) is 2. The molecule has 0 saturated carbocycles. The Kier molecular flexibility index (Phi) is 2.54. The molecule has 2 aromatic rings. The highest BCUT2D eigenvalue weighted by atomic mass is 79.9. The Morgan fingerprint density at radius 1 is 0.929 bits per heavy atom. The monoisotopic (exact) mass is 252 g/mol. The fraction of sp³-hybridized carbons (Fsp3) is 0.0909. The first-order chi connectivity index (χ1) is 6.70. The van der Waals surface area contributed by atoms with E-state index in [-0.39, 0.29) is 0 Å². The summed E-state index contributed by atoms with van der Waals surface area (Å²) in [6.07, 6.45) is -1.42. The first kappa shape index (κ1) is 9.65. The largest absolute Gasteiger partial charge is 0.364 e. The maximum atomic E-state index is 9.15. The highest BCUT2D eigenvalue weighted by Crippen LogP contribution is 2.28. The standard InChI is InChI=1S/C11H9BrO2/c12-10-6-2-3-7-8(10)4-1-5-9(7)11(13)14/h1-6,11,13-14H. The van der Waals surface area contributed by atoms with Crippen molar-refractivity contribution in [2.45, 2.75) is 6.29 Å². The molecule has 2 aromatic carbocycles. The third kappa shape index (κ3) is 1.54. The summed E-state index contributed by atoms with van der Waals surface area (Å²) < 4.78 is 0.956. The molecule has 14 heavy (non-hydrogen) atoms. The molecule has 0 fully saturated rings. The minimum Gasteiger partial charge on any atom is -0.364 e. The molecular weight excluding hydrogens is 244 g/mol. The minimum atomic E-state index is -1.42. The molecule has 72 valence electrons. The molecule has 2 rings (SSSR count). The number of halogens is 1. The van der Waals surface area contributed by atoms with Crippen molar-refractivity contribution in [3.8, 4) is 0 Å². The van der Waals surface area contributed by atoms with Gasteiger partial charge in [-0.1, -0.05) is 46.3 Å². The van der Waals surface area contributed by atoms with Gasteiger partial charge < -0.3 is 10.2 Å². The molecule has 0 unspecified atom stereocenters. The van der Waals surface area contributed by atoms with Gasteiger partial charge in [-0.2, -0.15) is 0 Å². The number of hydrogen-bond donors (Lipinski definition) is 2. The van der Waals surface area contributed by atoms with Crippen LogP contribution >= 0.6 is 15.9 Å². The fourth-order valence-electron chi connectivity index (χ4n) is 1.52. The lowest BCUT2D eigenvalue weighted by Gasteiger charge is -2.08. The van der Waals surface area contributed by atoms with E-state index in [4.69, 9.17) is 10.2 Å². The number of aliphatic hydroxyl groups is 2. The van der Waals surface area contributed by atoms with E-state index in [1.165, 1.54) is 0 Å². The van der Waals surface area contributed by atoms with Gasteiger partial charge in [0.15, 0.2) is 6.29 Å². The van der Waals surface area contributed by atoms with Gasteiger partial charge in [0.25, 0.3) is 0 Å². The van der Waals surface area contributed by atoms with E-state index in [0.29, 0.717) is 5.56 Å². The van der Waals surface area contributed by atoms with Crippen LogP contribution in [-0.2, 0) is 0 Å². The molecule has 0 radical (unpaired) electrons. The van der Waals surface area contributed by atoms with Crippen LogP contribution in [0.4, 0.5) is 0 Å². The number of fused-ring (bicyclic) bond motifs is 1. The second-order valence-corrected chi connectivity index (χ2v) is 3.91. The van der Waals surface area contributed by atoms with Gasteiger partial charge >= 0.3 is 0 Å². The van der Waals surface area contributed by atoms with E-state index in [9.17, 15) is 0 Å². The average Bonchev–Trinajstić information content (AvgIpc) is 2.17. The fourth-order valence-corrected chi connectivity index (χ4v) is 2.02. The predicted octanol–water partition coefficient (Wildman–Crippen LogP) is 2.59. The molecule has 0 aliphatic carbocycles. The molecule has 0 atom stereocenters. The van der Waals surface area contributed by atoms with Crippen molar-refractivity contribution in [2.24, 2.45) is 0 Å². The Morgan fingerprint density at radius 2 is 1.57 bits per heavy atom. The van der Waals surface area contributed by atoms with Gasteiger partial charge in [0, 0.05) is 10.0 Å². The molecule has 2 N–H and O–H groups in total. The summed E-state index contributed by atoms with van der Waals surface area (Å²) in [5.74, 6) is 0. The van der Waals surface area contributed by atoms with E-state index in [0.717, 1.165) is 15.2 Å². The maximum absolute atomic E-state index is 9.15. The summed E-state index contributed by atoms with van der Waals surface area (Å²) >= 11 is 3.42. The normalized spacial score (nSPS) is 11.1. The summed E-state index contributed by atoms with van der Waals surface area (Å²) in [5.41, 5.74) is 0.531. The van der Waals surface area contributed by atoms with Crippen LogP contribution in [0.3, 0.4) is 0 Å². The van der Waals surface area contributed by atoms with Gasteiger partial charge in [-0.15, -0.1) is 0 Å². The zero-order chi connectivity index (χ0) is 10.1. The van der Waals surface area contributed by atoms with Crippen molar-refractivity contribution < 1.29 is 10.2 Å². The number of aliphatic hydroxyl groups excluding tert-OH is 1. The van der Waals surface area contributed by atoms with E-state index in [1.807, 2.05) is 30.3 Å². The Morgan fingerprint density at radius 3 is 2.29 bits per heavy atom. The van der Waals surface area contributed by atoms with Crippen molar-refractivity contribution in [1.82, 2.24) is 0 Å². The second kappa shape index (κ2) is 3.69. The van der Waals surface area contributed by atoms with Gasteiger partial charge in [0.05, 0.1) is 0 Å². The van der Waals surface area contributed by atoms with Gasteiger partial charge in [-0.3, -0.25) is 0 Å². The minimum absolute atomic E-state index is 0.531. The Hall–Kier alpha value is -0.900. The molecular formula is C11H9BrO2. The molecule has 0 bridgehead atoms. The van der Waals surface area contributed by atoms with Gasteiger partial charge in [0.2, 0.25) is 0 Å². The Bertz CT molecular complexity index is 466. The molecule has 0 saturated heterocycles. The molecule has 0 aliphatic heterocycles. The molecule has 0 spiro atoms. The molecule has 0 aromatic heterocycles. The van der Waals surface area contributed by atoms with Crippen LogP contribution in [0.15, 0.2) is 40.9 Å². The van der Waals surface area contributed by atoms with Crippen LogP contribution in [-0.4, -0.2) is 10.2 Å². The van der Waals surface area contributed by atoms with Crippen molar-refractivity contribution >= 4 is 26.7 Å². The molecule has 3 heteroatoms. The van der Waals surface area contributed by atoms with Gasteiger partial charge in [0.1, 0.15) is 0 Å². The predicted molar refractivity (Wildman–Crippen MR) is 58.8 cm³/mol. The van der Waals surface area contributed by atoms with Gasteiger partial charge in [-0.05, 0) is 16.8 Å². The lowest BCUT2D eigenvalue weighted by Crippen LogP contribution is -1.95.